The Morgan fingerprint density at radius 3 is 1.68 bits per heavy atom. The van der Waals surface area contributed by atoms with Crippen LogP contribution in [-0.2, 0) is 9.47 Å². The highest BCUT2D eigenvalue weighted by molar-refractivity contribution is 9.10. The van der Waals surface area contributed by atoms with Gasteiger partial charge < -0.3 is 18.9 Å². The van der Waals surface area contributed by atoms with Crippen LogP contribution in [0.3, 0.4) is 0 Å². The van der Waals surface area contributed by atoms with E-state index in [1.807, 2.05) is 45.9 Å². The van der Waals surface area contributed by atoms with E-state index in [4.69, 9.17) is 18.9 Å². The topological polar surface area (TPSA) is 71.1 Å². The average molecular weight is 489 g/mol. The zero-order valence-electron chi connectivity index (χ0n) is 17.9. The first-order valence-electron chi connectivity index (χ1n) is 10.1. The van der Waals surface area contributed by atoms with Crippen LogP contribution in [0.1, 0.15) is 27.7 Å². The number of benzene rings is 3. The lowest BCUT2D eigenvalue weighted by atomic mass is 10.0. The van der Waals surface area contributed by atoms with E-state index in [1.54, 1.807) is 24.3 Å². The Morgan fingerprint density at radius 1 is 0.742 bits per heavy atom. The second kappa shape index (κ2) is 10.0. The van der Waals surface area contributed by atoms with Gasteiger partial charge in [0.05, 0.1) is 13.2 Å². The Hall–Kier alpha value is -2.80. The Balaban J connectivity index is 2.11. The summed E-state index contributed by atoms with van der Waals surface area (Å²) in [4.78, 5) is 24.7. The van der Waals surface area contributed by atoms with Gasteiger partial charge in [0.15, 0.2) is 5.75 Å². The van der Waals surface area contributed by atoms with Gasteiger partial charge in [-0.2, -0.15) is 0 Å². The molecule has 0 aliphatic heterocycles. The van der Waals surface area contributed by atoms with E-state index < -0.39 is 12.3 Å². The number of carbonyl (C=O) groups excluding carboxylic acids is 2. The van der Waals surface area contributed by atoms with Gasteiger partial charge in [-0.15, -0.1) is 0 Å². The monoisotopic (exact) mass is 488 g/mol. The number of ether oxygens (including phenoxy) is 4. The quantitative estimate of drug-likeness (QED) is 0.209. The fourth-order valence-electron chi connectivity index (χ4n) is 2.99. The summed E-state index contributed by atoms with van der Waals surface area (Å²) in [5.74, 6) is 1.05. The molecule has 0 atom stereocenters. The third-order valence-corrected chi connectivity index (χ3v) is 4.82. The maximum absolute atomic E-state index is 12.3. The molecular formula is C24H25BrO6. The van der Waals surface area contributed by atoms with Gasteiger partial charge in [-0.3, -0.25) is 0 Å². The summed E-state index contributed by atoms with van der Waals surface area (Å²) in [7, 11) is 0. The highest BCUT2D eigenvalue weighted by Crippen LogP contribution is 2.44. The van der Waals surface area contributed by atoms with Gasteiger partial charge in [0.2, 0.25) is 0 Å². The van der Waals surface area contributed by atoms with Crippen LogP contribution >= 0.6 is 15.9 Å². The number of hydrogen-bond acceptors (Lipinski definition) is 6. The average Bonchev–Trinajstić information content (AvgIpc) is 2.73. The molecule has 0 N–H and O–H groups in total. The van der Waals surface area contributed by atoms with Gasteiger partial charge >= 0.3 is 12.3 Å². The summed E-state index contributed by atoms with van der Waals surface area (Å²) in [6.07, 6.45) is -1.57. The standard InChI is InChI=1S/C24H25BrO6/c1-14(2)12-28-23(26)30-21-17-7-5-6-8-18(17)22(31-24(27)29-13-15(3)4)20-11-16(25)9-10-19(20)21/h5-11,14-15H,12-13H2,1-4H3. The molecule has 0 bridgehead atoms. The third-order valence-electron chi connectivity index (χ3n) is 4.33. The van der Waals surface area contributed by atoms with Crippen LogP contribution in [0.15, 0.2) is 46.9 Å². The van der Waals surface area contributed by atoms with Crippen LogP contribution in [0.2, 0.25) is 0 Å². The van der Waals surface area contributed by atoms with Crippen molar-refractivity contribution in [2.75, 3.05) is 13.2 Å². The molecule has 0 aromatic heterocycles. The van der Waals surface area contributed by atoms with Crippen molar-refractivity contribution in [3.8, 4) is 11.5 Å². The minimum Gasteiger partial charge on any atom is -0.434 e. The largest absolute Gasteiger partial charge is 0.513 e. The van der Waals surface area contributed by atoms with E-state index in [1.165, 1.54) is 0 Å². The second-order valence-corrected chi connectivity index (χ2v) is 8.92. The number of halogens is 1. The van der Waals surface area contributed by atoms with Gasteiger partial charge in [0.1, 0.15) is 5.75 Å². The summed E-state index contributed by atoms with van der Waals surface area (Å²) in [6.45, 7) is 8.28. The number of rotatable bonds is 6. The van der Waals surface area contributed by atoms with Crippen LogP contribution in [0.25, 0.3) is 21.5 Å². The Labute approximate surface area is 189 Å². The highest BCUT2D eigenvalue weighted by Gasteiger charge is 2.21. The molecule has 3 aromatic rings. The van der Waals surface area contributed by atoms with Gasteiger partial charge in [-0.25, -0.2) is 9.59 Å². The Morgan fingerprint density at radius 2 is 1.19 bits per heavy atom. The van der Waals surface area contributed by atoms with E-state index in [9.17, 15) is 9.59 Å². The second-order valence-electron chi connectivity index (χ2n) is 8.01. The molecular weight excluding hydrogens is 464 g/mol. The van der Waals surface area contributed by atoms with E-state index in [-0.39, 0.29) is 25.0 Å². The molecule has 0 amide bonds. The van der Waals surface area contributed by atoms with Crippen molar-refractivity contribution >= 4 is 49.8 Å². The van der Waals surface area contributed by atoms with Gasteiger partial charge in [-0.05, 0) is 30.0 Å². The minimum atomic E-state index is -0.787. The van der Waals surface area contributed by atoms with Crippen molar-refractivity contribution < 1.29 is 28.5 Å². The maximum Gasteiger partial charge on any atom is 0.513 e. The summed E-state index contributed by atoms with van der Waals surface area (Å²) in [5.41, 5.74) is 0. The fourth-order valence-corrected chi connectivity index (χ4v) is 3.35. The zero-order chi connectivity index (χ0) is 22.5. The normalized spacial score (nSPS) is 11.2. The van der Waals surface area contributed by atoms with Gasteiger partial charge in [0, 0.05) is 26.0 Å². The first-order valence-corrected chi connectivity index (χ1v) is 10.9. The van der Waals surface area contributed by atoms with Crippen LogP contribution in [0.5, 0.6) is 11.5 Å². The van der Waals surface area contributed by atoms with E-state index in [0.29, 0.717) is 33.0 Å². The molecule has 0 radical (unpaired) electrons. The molecule has 0 aliphatic rings. The first-order chi connectivity index (χ1) is 14.8. The minimum absolute atomic E-state index is 0.183. The van der Waals surface area contributed by atoms with Crippen LogP contribution in [0.4, 0.5) is 9.59 Å². The predicted octanol–water partition coefficient (Wildman–Crippen LogP) is 7.10. The van der Waals surface area contributed by atoms with Crippen molar-refractivity contribution in [3.05, 3.63) is 46.9 Å². The molecule has 0 saturated carbocycles. The van der Waals surface area contributed by atoms with E-state index in [2.05, 4.69) is 15.9 Å². The molecule has 0 heterocycles. The van der Waals surface area contributed by atoms with E-state index >= 15 is 0 Å². The van der Waals surface area contributed by atoms with Crippen molar-refractivity contribution in [3.63, 3.8) is 0 Å². The van der Waals surface area contributed by atoms with Crippen LogP contribution in [0, 0.1) is 11.8 Å². The first kappa shape index (κ1) is 22.9. The SMILES string of the molecule is CC(C)COC(=O)Oc1c2ccccc2c(OC(=O)OCC(C)C)c2cc(Br)ccc12. The molecule has 3 aromatic carbocycles. The van der Waals surface area contributed by atoms with Crippen molar-refractivity contribution in [1.29, 1.82) is 0 Å². The molecule has 0 saturated heterocycles. The maximum atomic E-state index is 12.3. The van der Waals surface area contributed by atoms with Crippen molar-refractivity contribution in [2.45, 2.75) is 27.7 Å². The number of fused-ring (bicyclic) bond motifs is 2. The summed E-state index contributed by atoms with van der Waals surface area (Å²) in [5, 5.41) is 2.43. The lowest BCUT2D eigenvalue weighted by molar-refractivity contribution is 0.0879. The van der Waals surface area contributed by atoms with Gasteiger partial charge in [0.25, 0.3) is 0 Å². The third kappa shape index (κ3) is 5.67. The zero-order valence-corrected chi connectivity index (χ0v) is 19.5. The Kier molecular flexibility index (Phi) is 7.38. The molecule has 3 rings (SSSR count). The lowest BCUT2D eigenvalue weighted by Gasteiger charge is -2.17. The Bertz CT molecular complexity index is 1110. The molecule has 0 spiro atoms. The van der Waals surface area contributed by atoms with Crippen LogP contribution < -0.4 is 9.47 Å². The molecule has 7 heteroatoms. The molecule has 6 nitrogen and oxygen atoms in total. The predicted molar refractivity (Wildman–Crippen MR) is 123 cm³/mol. The fraction of sp³-hybridized carbons (Fsp3) is 0.333. The lowest BCUT2D eigenvalue weighted by Crippen LogP contribution is -2.16. The molecule has 0 aliphatic carbocycles. The smallest absolute Gasteiger partial charge is 0.434 e. The summed E-state index contributed by atoms with van der Waals surface area (Å²) >= 11 is 3.46. The highest BCUT2D eigenvalue weighted by atomic mass is 79.9. The molecule has 164 valence electrons. The van der Waals surface area contributed by atoms with E-state index in [0.717, 1.165) is 4.47 Å². The number of carbonyl (C=O) groups is 2. The van der Waals surface area contributed by atoms with Gasteiger partial charge in [-0.1, -0.05) is 67.9 Å². The number of hydrogen-bond donors (Lipinski definition) is 0. The molecule has 0 unspecified atom stereocenters. The summed E-state index contributed by atoms with van der Waals surface area (Å²) in [6, 6.07) is 12.7. The molecule has 0 fully saturated rings. The van der Waals surface area contributed by atoms with Crippen molar-refractivity contribution in [2.24, 2.45) is 11.8 Å². The van der Waals surface area contributed by atoms with Crippen LogP contribution in [-0.4, -0.2) is 25.5 Å². The van der Waals surface area contributed by atoms with Crippen molar-refractivity contribution in [1.82, 2.24) is 0 Å². The summed E-state index contributed by atoms with van der Waals surface area (Å²) < 4.78 is 22.4. The molecule has 31 heavy (non-hydrogen) atoms.